The number of benzene rings is 1. The highest BCUT2D eigenvalue weighted by Crippen LogP contribution is 2.43. The Morgan fingerprint density at radius 1 is 0.724 bits per heavy atom. The number of aryl methyl sites for hydroxylation is 1. The Balaban J connectivity index is 1.34. The second-order valence-electron chi connectivity index (χ2n) is 9.79. The molecule has 0 radical (unpaired) electrons. The minimum absolute atomic E-state index is 0.540. The molecule has 0 aromatic heterocycles. The minimum atomic E-state index is -4.23. The molecule has 0 amide bonds. The van der Waals surface area contributed by atoms with E-state index in [2.05, 4.69) is 6.92 Å². The van der Waals surface area contributed by atoms with Gasteiger partial charge >= 0.3 is 6.18 Å². The Bertz CT molecular complexity index is 573. The summed E-state index contributed by atoms with van der Waals surface area (Å²) in [7, 11) is 0. The van der Waals surface area contributed by atoms with Crippen LogP contribution >= 0.6 is 0 Å². The van der Waals surface area contributed by atoms with E-state index < -0.39 is 11.7 Å². The molecule has 29 heavy (non-hydrogen) atoms. The first-order valence-electron chi connectivity index (χ1n) is 12.1. The van der Waals surface area contributed by atoms with Gasteiger partial charge in [0.15, 0.2) is 0 Å². The maximum Gasteiger partial charge on any atom is 0.416 e. The first-order valence-corrected chi connectivity index (χ1v) is 12.1. The molecule has 0 saturated heterocycles. The number of rotatable bonds is 8. The van der Waals surface area contributed by atoms with E-state index in [-0.39, 0.29) is 0 Å². The van der Waals surface area contributed by atoms with E-state index in [0.29, 0.717) is 0 Å². The van der Waals surface area contributed by atoms with Crippen LogP contribution in [0.4, 0.5) is 13.2 Å². The van der Waals surface area contributed by atoms with Crippen molar-refractivity contribution in [3.63, 3.8) is 0 Å². The lowest BCUT2D eigenvalue weighted by Crippen LogP contribution is -2.26. The van der Waals surface area contributed by atoms with E-state index in [1.165, 1.54) is 89.2 Å². The van der Waals surface area contributed by atoms with E-state index in [9.17, 15) is 13.2 Å². The molecule has 0 atom stereocenters. The van der Waals surface area contributed by atoms with Gasteiger partial charge in [0, 0.05) is 0 Å². The highest BCUT2D eigenvalue weighted by atomic mass is 19.4. The standard InChI is InChI=1S/C26H39F3/c1-2-3-4-5-20-8-14-23(15-9-20)24-16-10-21(11-17-24)6-7-22-12-18-25(19-13-22)26(27,28)29/h12-13,18-21,23-24H,2-11,14-17H2,1H3/t20-,21?,23-,24?. The molecule has 1 aromatic carbocycles. The molecular formula is C26H39F3. The van der Waals surface area contributed by atoms with Gasteiger partial charge in [0.05, 0.1) is 5.56 Å². The first-order chi connectivity index (χ1) is 14.0. The molecule has 0 bridgehead atoms. The van der Waals surface area contributed by atoms with Crippen molar-refractivity contribution in [1.29, 1.82) is 0 Å². The fourth-order valence-electron chi connectivity index (χ4n) is 5.81. The van der Waals surface area contributed by atoms with Crippen molar-refractivity contribution in [3.8, 4) is 0 Å². The van der Waals surface area contributed by atoms with Gasteiger partial charge in [-0.1, -0.05) is 70.4 Å². The quantitative estimate of drug-likeness (QED) is 0.377. The van der Waals surface area contributed by atoms with Gasteiger partial charge in [-0.05, 0) is 79.9 Å². The zero-order valence-electron chi connectivity index (χ0n) is 18.2. The van der Waals surface area contributed by atoms with E-state index in [0.717, 1.165) is 42.1 Å². The number of halogens is 3. The first kappa shape index (κ1) is 22.7. The van der Waals surface area contributed by atoms with Crippen molar-refractivity contribution in [3.05, 3.63) is 35.4 Å². The van der Waals surface area contributed by atoms with Crippen molar-refractivity contribution in [2.45, 2.75) is 103 Å². The average molecular weight is 409 g/mol. The maximum absolute atomic E-state index is 12.7. The third-order valence-corrected chi connectivity index (χ3v) is 7.79. The molecule has 2 aliphatic carbocycles. The SMILES string of the molecule is CCCCC[C@H]1CC[C@H](C2CCC(CCc3ccc(C(F)(F)F)cc3)CC2)CC1. The van der Waals surface area contributed by atoms with Gasteiger partial charge in [0.1, 0.15) is 0 Å². The fraction of sp³-hybridized carbons (Fsp3) is 0.769. The summed E-state index contributed by atoms with van der Waals surface area (Å²) in [5.41, 5.74) is 0.503. The highest BCUT2D eigenvalue weighted by Gasteiger charge is 2.31. The number of alkyl halides is 3. The molecule has 0 unspecified atom stereocenters. The van der Waals surface area contributed by atoms with Crippen LogP contribution in [0.15, 0.2) is 24.3 Å². The third kappa shape index (κ3) is 7.03. The smallest absolute Gasteiger partial charge is 0.166 e. The zero-order chi connectivity index (χ0) is 20.7. The van der Waals surface area contributed by atoms with E-state index in [1.807, 2.05) is 0 Å². The van der Waals surface area contributed by atoms with E-state index in [4.69, 9.17) is 0 Å². The number of hydrogen-bond acceptors (Lipinski definition) is 0. The molecule has 0 nitrogen and oxygen atoms in total. The van der Waals surface area contributed by atoms with Gasteiger partial charge in [-0.25, -0.2) is 0 Å². The molecule has 3 heteroatoms. The van der Waals surface area contributed by atoms with Crippen molar-refractivity contribution in [2.75, 3.05) is 0 Å². The van der Waals surface area contributed by atoms with Gasteiger partial charge in [-0.2, -0.15) is 13.2 Å². The minimum Gasteiger partial charge on any atom is -0.166 e. The van der Waals surface area contributed by atoms with Crippen LogP contribution in [0.1, 0.15) is 102 Å². The van der Waals surface area contributed by atoms with Gasteiger partial charge < -0.3 is 0 Å². The Kier molecular flexibility index (Phi) is 8.50. The summed E-state index contributed by atoms with van der Waals surface area (Å²) in [6.45, 7) is 2.29. The van der Waals surface area contributed by atoms with Crippen LogP contribution in [0.3, 0.4) is 0 Å². The lowest BCUT2D eigenvalue weighted by molar-refractivity contribution is -0.137. The Morgan fingerprint density at radius 3 is 1.72 bits per heavy atom. The van der Waals surface area contributed by atoms with Crippen LogP contribution in [-0.4, -0.2) is 0 Å². The molecule has 0 aliphatic heterocycles. The Hall–Kier alpha value is -0.990. The summed E-state index contributed by atoms with van der Waals surface area (Å²) in [5.74, 6) is 3.67. The Labute approximate surface area is 175 Å². The predicted octanol–water partition coefficient (Wildman–Crippen LogP) is 8.83. The van der Waals surface area contributed by atoms with Crippen LogP contribution < -0.4 is 0 Å². The van der Waals surface area contributed by atoms with Crippen molar-refractivity contribution in [2.24, 2.45) is 23.7 Å². The average Bonchev–Trinajstić information content (AvgIpc) is 2.73. The normalized spacial score (nSPS) is 28.4. The largest absolute Gasteiger partial charge is 0.416 e. The summed E-state index contributed by atoms with van der Waals surface area (Å²) in [6, 6.07) is 5.77. The lowest BCUT2D eigenvalue weighted by atomic mass is 9.68. The van der Waals surface area contributed by atoms with Gasteiger partial charge in [0.25, 0.3) is 0 Å². The second-order valence-corrected chi connectivity index (χ2v) is 9.79. The monoisotopic (exact) mass is 408 g/mol. The summed E-state index contributed by atoms with van der Waals surface area (Å²) >= 11 is 0. The van der Waals surface area contributed by atoms with Gasteiger partial charge in [0.2, 0.25) is 0 Å². The summed E-state index contributed by atoms with van der Waals surface area (Å²) in [5, 5.41) is 0. The summed E-state index contributed by atoms with van der Waals surface area (Å²) in [6.07, 6.45) is 14.7. The van der Waals surface area contributed by atoms with Crippen LogP contribution in [0.5, 0.6) is 0 Å². The molecule has 1 aromatic rings. The zero-order valence-corrected chi connectivity index (χ0v) is 18.2. The second kappa shape index (κ2) is 10.9. The third-order valence-electron chi connectivity index (χ3n) is 7.79. The van der Waals surface area contributed by atoms with E-state index in [1.54, 1.807) is 12.1 Å². The topological polar surface area (TPSA) is 0 Å². The molecule has 2 saturated carbocycles. The molecule has 2 aliphatic rings. The molecule has 2 fully saturated rings. The van der Waals surface area contributed by atoms with Crippen molar-refractivity contribution >= 4 is 0 Å². The number of unbranched alkanes of at least 4 members (excludes halogenated alkanes) is 2. The van der Waals surface area contributed by atoms with Crippen LogP contribution in [0, 0.1) is 23.7 Å². The van der Waals surface area contributed by atoms with Crippen molar-refractivity contribution in [1.82, 2.24) is 0 Å². The molecule has 164 valence electrons. The molecule has 3 rings (SSSR count). The molecule has 0 spiro atoms. The van der Waals surface area contributed by atoms with Crippen LogP contribution in [-0.2, 0) is 12.6 Å². The molecule has 0 N–H and O–H groups in total. The maximum atomic E-state index is 12.7. The lowest BCUT2D eigenvalue weighted by Gasteiger charge is -2.38. The van der Waals surface area contributed by atoms with E-state index >= 15 is 0 Å². The van der Waals surface area contributed by atoms with Gasteiger partial charge in [-0.3, -0.25) is 0 Å². The predicted molar refractivity (Wildman–Crippen MR) is 115 cm³/mol. The highest BCUT2D eigenvalue weighted by molar-refractivity contribution is 5.24. The fourth-order valence-corrected chi connectivity index (χ4v) is 5.81. The summed E-state index contributed by atoms with van der Waals surface area (Å²) in [4.78, 5) is 0. The van der Waals surface area contributed by atoms with Crippen molar-refractivity contribution < 1.29 is 13.2 Å². The number of hydrogen-bond donors (Lipinski definition) is 0. The Morgan fingerprint density at radius 2 is 1.24 bits per heavy atom. The van der Waals surface area contributed by atoms with Gasteiger partial charge in [-0.15, -0.1) is 0 Å². The van der Waals surface area contributed by atoms with Crippen LogP contribution in [0.25, 0.3) is 0 Å². The molecular weight excluding hydrogens is 369 g/mol. The summed E-state index contributed by atoms with van der Waals surface area (Å²) < 4.78 is 38.0. The van der Waals surface area contributed by atoms with Crippen LogP contribution in [0.2, 0.25) is 0 Å². The molecule has 0 heterocycles.